The number of fused-ring (bicyclic) bond motifs is 1. The van der Waals surface area contributed by atoms with Gasteiger partial charge in [0, 0.05) is 19.6 Å². The first-order valence-electron chi connectivity index (χ1n) is 7.42. The Morgan fingerprint density at radius 1 is 1.09 bits per heavy atom. The van der Waals surface area contributed by atoms with Crippen molar-refractivity contribution < 1.29 is 8.42 Å². The summed E-state index contributed by atoms with van der Waals surface area (Å²) in [6.07, 6.45) is 0.765. The smallest absolute Gasteiger partial charge is 0.198 e. The number of benzene rings is 2. The van der Waals surface area contributed by atoms with E-state index in [4.69, 9.17) is 0 Å². The SMILES string of the molecule is Cc1cccc(CNS(=O)(=O)N2CCc3ccccc3C2)c1. The second-order valence-electron chi connectivity index (χ2n) is 5.67. The lowest BCUT2D eigenvalue weighted by Crippen LogP contribution is -2.43. The average molecular weight is 316 g/mol. The highest BCUT2D eigenvalue weighted by Crippen LogP contribution is 2.20. The zero-order valence-corrected chi connectivity index (χ0v) is 13.4. The maximum Gasteiger partial charge on any atom is 0.280 e. The third-order valence-electron chi connectivity index (χ3n) is 3.98. The van der Waals surface area contributed by atoms with E-state index < -0.39 is 10.2 Å². The second kappa shape index (κ2) is 6.20. The fraction of sp³-hybridized carbons (Fsp3) is 0.294. The van der Waals surface area contributed by atoms with E-state index >= 15 is 0 Å². The van der Waals surface area contributed by atoms with Crippen molar-refractivity contribution in [1.29, 1.82) is 0 Å². The highest BCUT2D eigenvalue weighted by molar-refractivity contribution is 7.87. The molecular weight excluding hydrogens is 296 g/mol. The lowest BCUT2D eigenvalue weighted by atomic mass is 10.0. The van der Waals surface area contributed by atoms with Gasteiger partial charge in [-0.2, -0.15) is 17.4 Å². The first-order valence-corrected chi connectivity index (χ1v) is 8.86. The summed E-state index contributed by atoms with van der Waals surface area (Å²) in [6, 6.07) is 15.9. The number of hydrogen-bond donors (Lipinski definition) is 1. The Balaban J connectivity index is 1.69. The van der Waals surface area contributed by atoms with Crippen molar-refractivity contribution in [3.05, 3.63) is 70.8 Å². The molecule has 0 saturated carbocycles. The minimum absolute atomic E-state index is 0.322. The minimum Gasteiger partial charge on any atom is -0.198 e. The van der Waals surface area contributed by atoms with Gasteiger partial charge in [-0.3, -0.25) is 0 Å². The van der Waals surface area contributed by atoms with E-state index in [0.29, 0.717) is 19.6 Å². The topological polar surface area (TPSA) is 49.4 Å². The van der Waals surface area contributed by atoms with Crippen LogP contribution in [0.3, 0.4) is 0 Å². The van der Waals surface area contributed by atoms with E-state index in [1.165, 1.54) is 9.87 Å². The summed E-state index contributed by atoms with van der Waals surface area (Å²) in [7, 11) is -3.45. The summed E-state index contributed by atoms with van der Waals surface area (Å²) in [5.41, 5.74) is 4.44. The van der Waals surface area contributed by atoms with Gasteiger partial charge in [0.05, 0.1) is 0 Å². The molecule has 1 aliphatic heterocycles. The van der Waals surface area contributed by atoms with Gasteiger partial charge in [-0.25, -0.2) is 0 Å². The summed E-state index contributed by atoms with van der Waals surface area (Å²) in [6.45, 7) is 3.29. The second-order valence-corrected chi connectivity index (χ2v) is 7.42. The highest BCUT2D eigenvalue weighted by Gasteiger charge is 2.25. The van der Waals surface area contributed by atoms with E-state index in [-0.39, 0.29) is 0 Å². The van der Waals surface area contributed by atoms with Crippen LogP contribution >= 0.6 is 0 Å². The Kier molecular flexibility index (Phi) is 4.29. The van der Waals surface area contributed by atoms with E-state index in [9.17, 15) is 8.42 Å². The Bertz CT molecular complexity index is 772. The van der Waals surface area contributed by atoms with Crippen molar-refractivity contribution in [2.24, 2.45) is 0 Å². The van der Waals surface area contributed by atoms with Gasteiger partial charge in [-0.1, -0.05) is 54.1 Å². The fourth-order valence-corrected chi connectivity index (χ4v) is 3.94. The number of aryl methyl sites for hydroxylation is 1. The molecule has 0 fully saturated rings. The number of nitrogens with zero attached hydrogens (tertiary/aromatic N) is 1. The predicted octanol–water partition coefficient (Wildman–Crippen LogP) is 2.39. The van der Waals surface area contributed by atoms with Gasteiger partial charge in [0.15, 0.2) is 0 Å². The molecule has 4 nitrogen and oxygen atoms in total. The highest BCUT2D eigenvalue weighted by atomic mass is 32.2. The Hall–Kier alpha value is -1.69. The lowest BCUT2D eigenvalue weighted by molar-refractivity contribution is 0.384. The van der Waals surface area contributed by atoms with E-state index in [1.807, 2.05) is 49.4 Å². The largest absolute Gasteiger partial charge is 0.280 e. The molecule has 0 bridgehead atoms. The van der Waals surface area contributed by atoms with Crippen LogP contribution in [0.25, 0.3) is 0 Å². The molecule has 0 saturated heterocycles. The van der Waals surface area contributed by atoms with Gasteiger partial charge < -0.3 is 0 Å². The van der Waals surface area contributed by atoms with Crippen LogP contribution in [0, 0.1) is 6.92 Å². The van der Waals surface area contributed by atoms with Crippen LogP contribution in [0.1, 0.15) is 22.3 Å². The molecule has 116 valence electrons. The Morgan fingerprint density at radius 2 is 1.86 bits per heavy atom. The summed E-state index contributed by atoms with van der Waals surface area (Å²) in [4.78, 5) is 0. The third-order valence-corrected chi connectivity index (χ3v) is 5.48. The standard InChI is InChI=1S/C17H20N2O2S/c1-14-5-4-6-15(11-14)12-18-22(20,21)19-10-9-16-7-2-3-8-17(16)13-19/h2-8,11,18H,9-10,12-13H2,1H3. The summed E-state index contributed by atoms with van der Waals surface area (Å²) >= 11 is 0. The van der Waals surface area contributed by atoms with E-state index in [2.05, 4.69) is 10.8 Å². The molecule has 0 unspecified atom stereocenters. The molecule has 0 spiro atoms. The van der Waals surface area contributed by atoms with Gasteiger partial charge in [0.25, 0.3) is 10.2 Å². The van der Waals surface area contributed by atoms with Gasteiger partial charge in [0.1, 0.15) is 0 Å². The maximum atomic E-state index is 12.5. The third kappa shape index (κ3) is 3.38. The minimum atomic E-state index is -3.45. The Morgan fingerprint density at radius 3 is 2.64 bits per heavy atom. The monoisotopic (exact) mass is 316 g/mol. The van der Waals surface area contributed by atoms with Crippen LogP contribution in [-0.4, -0.2) is 19.3 Å². The van der Waals surface area contributed by atoms with Crippen molar-refractivity contribution in [3.8, 4) is 0 Å². The van der Waals surface area contributed by atoms with Crippen molar-refractivity contribution in [2.45, 2.75) is 26.4 Å². The molecule has 2 aromatic carbocycles. The molecule has 0 aliphatic carbocycles. The zero-order valence-electron chi connectivity index (χ0n) is 12.6. The fourth-order valence-electron chi connectivity index (χ4n) is 2.76. The van der Waals surface area contributed by atoms with Crippen LogP contribution in [0.15, 0.2) is 48.5 Å². The normalized spacial score (nSPS) is 15.5. The van der Waals surface area contributed by atoms with Crippen LogP contribution in [0.4, 0.5) is 0 Å². The van der Waals surface area contributed by atoms with Gasteiger partial charge in [0.2, 0.25) is 0 Å². The van der Waals surface area contributed by atoms with Crippen molar-refractivity contribution in [1.82, 2.24) is 9.03 Å². The first-order chi connectivity index (χ1) is 10.5. The molecule has 3 rings (SSSR count). The van der Waals surface area contributed by atoms with Gasteiger partial charge in [-0.15, -0.1) is 0 Å². The average Bonchev–Trinajstić information content (AvgIpc) is 2.53. The van der Waals surface area contributed by atoms with Crippen LogP contribution in [-0.2, 0) is 29.7 Å². The molecule has 1 heterocycles. The van der Waals surface area contributed by atoms with Crippen molar-refractivity contribution in [3.63, 3.8) is 0 Å². The molecule has 0 amide bonds. The Labute approximate surface area is 132 Å². The molecule has 5 heteroatoms. The molecular formula is C17H20N2O2S. The van der Waals surface area contributed by atoms with Crippen molar-refractivity contribution in [2.75, 3.05) is 6.54 Å². The van der Waals surface area contributed by atoms with Gasteiger partial charge in [-0.05, 0) is 30.0 Å². The molecule has 22 heavy (non-hydrogen) atoms. The maximum absolute atomic E-state index is 12.5. The van der Waals surface area contributed by atoms with Crippen LogP contribution < -0.4 is 4.72 Å². The first kappa shape index (κ1) is 15.2. The van der Waals surface area contributed by atoms with Gasteiger partial charge >= 0.3 is 0 Å². The summed E-state index contributed by atoms with van der Waals surface area (Å²) < 4.78 is 29.2. The quantitative estimate of drug-likeness (QED) is 0.941. The van der Waals surface area contributed by atoms with E-state index in [0.717, 1.165) is 23.1 Å². The number of rotatable bonds is 4. The van der Waals surface area contributed by atoms with Crippen LogP contribution in [0.2, 0.25) is 0 Å². The molecule has 1 N–H and O–H groups in total. The predicted molar refractivity (Wildman–Crippen MR) is 87.5 cm³/mol. The number of nitrogens with one attached hydrogen (secondary N) is 1. The molecule has 0 aromatic heterocycles. The molecule has 1 aliphatic rings. The molecule has 0 radical (unpaired) electrons. The summed E-state index contributed by atoms with van der Waals surface area (Å²) in [5.74, 6) is 0. The molecule has 2 aromatic rings. The molecule has 0 atom stereocenters. The van der Waals surface area contributed by atoms with E-state index in [1.54, 1.807) is 0 Å². The summed E-state index contributed by atoms with van der Waals surface area (Å²) in [5, 5.41) is 0. The zero-order chi connectivity index (χ0) is 15.6. The van der Waals surface area contributed by atoms with Crippen LogP contribution in [0.5, 0.6) is 0 Å². The lowest BCUT2D eigenvalue weighted by Gasteiger charge is -2.28. The number of hydrogen-bond acceptors (Lipinski definition) is 2. The van der Waals surface area contributed by atoms with Crippen molar-refractivity contribution >= 4 is 10.2 Å².